The van der Waals surface area contributed by atoms with Crippen LogP contribution in [0.15, 0.2) is 145 Å². The first kappa shape index (κ1) is 32.4. The van der Waals surface area contributed by atoms with Gasteiger partial charge in [0, 0.05) is 42.9 Å². The summed E-state index contributed by atoms with van der Waals surface area (Å²) in [6.45, 7) is 13.6. The number of rotatable bonds is 5. The molecule has 0 radical (unpaired) electrons. The second-order valence-electron chi connectivity index (χ2n) is 14.8. The summed E-state index contributed by atoms with van der Waals surface area (Å²) in [7, 11) is 0. The van der Waals surface area contributed by atoms with Gasteiger partial charge in [0.2, 0.25) is 0 Å². The van der Waals surface area contributed by atoms with Crippen LogP contribution >= 0.6 is 11.3 Å². The van der Waals surface area contributed by atoms with Gasteiger partial charge in [0.25, 0.3) is 0 Å². The molecule has 0 spiro atoms. The maximum atomic E-state index is 5.14. The van der Waals surface area contributed by atoms with E-state index in [1.807, 2.05) is 11.3 Å². The zero-order valence-corrected chi connectivity index (χ0v) is 31.5. The molecule has 254 valence electrons. The minimum atomic E-state index is 0.389. The van der Waals surface area contributed by atoms with Gasteiger partial charge < -0.3 is 0 Å². The molecule has 0 fully saturated rings. The number of nitrogens with zero attached hydrogens (tertiary/aromatic N) is 2. The average molecular weight is 691 g/mol. The molecule has 0 aliphatic heterocycles. The minimum Gasteiger partial charge on any atom is -0.292 e. The molecular formula is C49H42N2S. The Bertz CT molecular complexity index is 2710. The van der Waals surface area contributed by atoms with Crippen LogP contribution in [0.1, 0.15) is 48.9 Å². The smallest absolute Gasteiger partial charge is 0.145 e. The fourth-order valence-corrected chi connectivity index (χ4v) is 10.1. The van der Waals surface area contributed by atoms with Gasteiger partial charge in [-0.1, -0.05) is 109 Å². The molecule has 0 N–H and O–H groups in total. The first-order chi connectivity index (χ1) is 25.2. The van der Waals surface area contributed by atoms with Crippen molar-refractivity contribution in [3.63, 3.8) is 0 Å². The zero-order chi connectivity index (χ0) is 35.7. The molecule has 6 aromatic carbocycles. The highest BCUT2D eigenvalue weighted by atomic mass is 32.1. The van der Waals surface area contributed by atoms with Gasteiger partial charge >= 0.3 is 0 Å². The topological polar surface area (TPSA) is 17.8 Å². The number of benzene rings is 6. The second-order valence-corrected chi connectivity index (χ2v) is 15.9. The van der Waals surface area contributed by atoms with Gasteiger partial charge in [-0.05, 0) is 122 Å². The van der Waals surface area contributed by atoms with Crippen molar-refractivity contribution in [2.24, 2.45) is 5.92 Å². The molecule has 3 heteroatoms. The molecule has 2 atom stereocenters. The summed E-state index contributed by atoms with van der Waals surface area (Å²) in [6, 6.07) is 44.8. The van der Waals surface area contributed by atoms with Crippen LogP contribution in [0.2, 0.25) is 0 Å². The van der Waals surface area contributed by atoms with E-state index in [-0.39, 0.29) is 0 Å². The zero-order valence-electron chi connectivity index (χ0n) is 30.7. The third kappa shape index (κ3) is 5.43. The molecule has 8 aromatic rings. The monoisotopic (exact) mass is 690 g/mol. The largest absolute Gasteiger partial charge is 0.292 e. The fourth-order valence-electron chi connectivity index (χ4n) is 8.93. The molecule has 0 saturated heterocycles. The lowest BCUT2D eigenvalue weighted by molar-refractivity contribution is 0.601. The highest BCUT2D eigenvalue weighted by molar-refractivity contribution is 7.26. The first-order valence-electron chi connectivity index (χ1n) is 18.3. The lowest BCUT2D eigenvalue weighted by Crippen LogP contribution is -2.13. The summed E-state index contributed by atoms with van der Waals surface area (Å²) >= 11 is 1.92. The number of allylic oxidation sites excluding steroid dienone is 4. The number of hydrogen-bond donors (Lipinski definition) is 0. The third-order valence-electron chi connectivity index (χ3n) is 10.9. The van der Waals surface area contributed by atoms with Crippen LogP contribution in [0.25, 0.3) is 70.5 Å². The number of aryl methyl sites for hydroxylation is 3. The summed E-state index contributed by atoms with van der Waals surface area (Å²) in [5.41, 5.74) is 17.5. The van der Waals surface area contributed by atoms with Crippen molar-refractivity contribution in [3.8, 4) is 39.3 Å². The molecule has 0 saturated carbocycles. The Morgan fingerprint density at radius 2 is 1.37 bits per heavy atom. The van der Waals surface area contributed by atoms with Gasteiger partial charge in [-0.25, -0.2) is 4.98 Å². The van der Waals surface area contributed by atoms with E-state index in [0.29, 0.717) is 11.8 Å². The van der Waals surface area contributed by atoms with Crippen molar-refractivity contribution >= 4 is 42.5 Å². The van der Waals surface area contributed by atoms with E-state index >= 15 is 0 Å². The van der Waals surface area contributed by atoms with E-state index in [1.54, 1.807) is 0 Å². The Morgan fingerprint density at radius 3 is 2.12 bits per heavy atom. The van der Waals surface area contributed by atoms with Gasteiger partial charge in [-0.15, -0.1) is 11.3 Å². The van der Waals surface area contributed by atoms with Crippen LogP contribution < -0.4 is 0 Å². The van der Waals surface area contributed by atoms with E-state index in [4.69, 9.17) is 4.98 Å². The Balaban J connectivity index is 1.23. The van der Waals surface area contributed by atoms with Crippen LogP contribution in [-0.4, -0.2) is 9.55 Å². The molecule has 1 aliphatic carbocycles. The average Bonchev–Trinajstić information content (AvgIpc) is 3.70. The number of aromatic nitrogens is 2. The van der Waals surface area contributed by atoms with Crippen molar-refractivity contribution in [3.05, 3.63) is 167 Å². The quantitative estimate of drug-likeness (QED) is 0.176. The Kier molecular flexibility index (Phi) is 7.86. The highest BCUT2D eigenvalue weighted by Gasteiger charge is 2.24. The Labute approximate surface area is 310 Å². The number of para-hydroxylation sites is 3. The van der Waals surface area contributed by atoms with Crippen LogP contribution in [-0.2, 0) is 0 Å². The minimum absolute atomic E-state index is 0.389. The van der Waals surface area contributed by atoms with E-state index in [2.05, 4.69) is 180 Å². The van der Waals surface area contributed by atoms with Gasteiger partial charge in [0.1, 0.15) is 5.82 Å². The van der Waals surface area contributed by atoms with Crippen LogP contribution in [0.4, 0.5) is 0 Å². The summed E-state index contributed by atoms with van der Waals surface area (Å²) in [6.07, 6.45) is 4.78. The molecule has 0 bridgehead atoms. The molecule has 2 heterocycles. The highest BCUT2D eigenvalue weighted by Crippen LogP contribution is 2.46. The van der Waals surface area contributed by atoms with E-state index in [0.717, 1.165) is 28.1 Å². The molecular weight excluding hydrogens is 649 g/mol. The summed E-state index contributed by atoms with van der Waals surface area (Å²) < 4.78 is 4.94. The van der Waals surface area contributed by atoms with Crippen LogP contribution in [0.3, 0.4) is 0 Å². The summed E-state index contributed by atoms with van der Waals surface area (Å²) in [5.74, 6) is 1.80. The number of fused-ring (bicyclic) bond motifs is 4. The third-order valence-corrected chi connectivity index (χ3v) is 12.2. The second kappa shape index (κ2) is 12.6. The van der Waals surface area contributed by atoms with Gasteiger partial charge in [0.15, 0.2) is 0 Å². The SMILES string of the molecule is CC1=CC(C)C(c2ccc3sc4c(-c5ccc(-c6nc7ccccc7n6-c6ccccc6)cc5)cc(-c5c(C)cc(C)cc5C)cc4c3c2)C(C)=C1. The van der Waals surface area contributed by atoms with E-state index in [9.17, 15) is 0 Å². The van der Waals surface area contributed by atoms with E-state index < -0.39 is 0 Å². The van der Waals surface area contributed by atoms with Gasteiger partial charge in [0.05, 0.1) is 11.0 Å². The van der Waals surface area contributed by atoms with Crippen molar-refractivity contribution in [2.75, 3.05) is 0 Å². The van der Waals surface area contributed by atoms with Gasteiger partial charge in [-0.2, -0.15) is 0 Å². The molecule has 2 unspecified atom stereocenters. The first-order valence-corrected chi connectivity index (χ1v) is 19.1. The van der Waals surface area contributed by atoms with Crippen LogP contribution in [0, 0.1) is 26.7 Å². The predicted octanol–water partition coefficient (Wildman–Crippen LogP) is 13.9. The number of thiophene rings is 1. The molecule has 2 aromatic heterocycles. The Morgan fingerprint density at radius 1 is 0.654 bits per heavy atom. The summed E-state index contributed by atoms with van der Waals surface area (Å²) in [4.78, 5) is 5.14. The molecule has 9 rings (SSSR count). The standard InChI is InChI=1S/C49H42N2S/c1-29-22-31(3)46(32(4)23-29)37-20-21-45-41(26-37)42-28-38(47-33(5)24-30(2)25-34(47)6)27-40(48(42)52-45)35-16-18-36(19-17-35)49-50-43-14-10-11-15-44(43)51(49)39-12-8-7-9-13-39/h7-28,31,46H,1-6H3. The van der Waals surface area contributed by atoms with E-state index in [1.165, 1.54) is 75.8 Å². The van der Waals surface area contributed by atoms with Crippen LogP contribution in [0.5, 0.6) is 0 Å². The fraction of sp³-hybridized carbons (Fsp3) is 0.163. The number of hydrogen-bond acceptors (Lipinski definition) is 2. The molecule has 1 aliphatic rings. The summed E-state index contributed by atoms with van der Waals surface area (Å²) in [5, 5.41) is 2.68. The maximum absolute atomic E-state index is 5.14. The predicted molar refractivity (Wildman–Crippen MR) is 224 cm³/mol. The van der Waals surface area contributed by atoms with Crippen molar-refractivity contribution in [1.29, 1.82) is 0 Å². The maximum Gasteiger partial charge on any atom is 0.145 e. The molecule has 52 heavy (non-hydrogen) atoms. The number of imidazole rings is 1. The lowest BCUT2D eigenvalue weighted by Gasteiger charge is -2.27. The lowest BCUT2D eigenvalue weighted by atomic mass is 9.77. The molecule has 2 nitrogen and oxygen atoms in total. The van der Waals surface area contributed by atoms with Gasteiger partial charge in [-0.3, -0.25) is 4.57 Å². The molecule has 0 amide bonds. The Hall–Kier alpha value is -5.51. The van der Waals surface area contributed by atoms with Crippen molar-refractivity contribution < 1.29 is 0 Å². The van der Waals surface area contributed by atoms with Crippen molar-refractivity contribution in [1.82, 2.24) is 9.55 Å². The normalized spacial score (nSPS) is 16.1. The van der Waals surface area contributed by atoms with Crippen molar-refractivity contribution in [2.45, 2.75) is 47.5 Å².